The fourth-order valence-electron chi connectivity index (χ4n) is 2.42. The Morgan fingerprint density at radius 2 is 1.35 bits per heavy atom. The molecule has 0 aliphatic heterocycles. The third-order valence-electron chi connectivity index (χ3n) is 3.76. The molecule has 2 atom stereocenters. The van der Waals surface area contributed by atoms with Crippen LogP contribution in [0.2, 0.25) is 0 Å². The fraction of sp³-hybridized carbons (Fsp3) is 0.294. The van der Waals surface area contributed by atoms with Crippen LogP contribution in [-0.2, 0) is 0 Å². The zero-order chi connectivity index (χ0) is 17.0. The lowest BCUT2D eigenvalue weighted by molar-refractivity contribution is 0.106. The van der Waals surface area contributed by atoms with Crippen molar-refractivity contribution in [3.05, 3.63) is 47.5 Å². The first-order chi connectivity index (χ1) is 11.0. The molecule has 0 unspecified atom stereocenters. The zero-order valence-corrected chi connectivity index (χ0v) is 12.9. The Kier molecular flexibility index (Phi) is 5.31. The van der Waals surface area contributed by atoms with Gasteiger partial charge in [0.15, 0.2) is 23.0 Å². The smallest absolute Gasteiger partial charge is 0.160 e. The number of ether oxygens (including phenoxy) is 2. The highest BCUT2D eigenvalue weighted by Gasteiger charge is 2.24. The molecule has 0 spiro atoms. The van der Waals surface area contributed by atoms with E-state index in [0.717, 1.165) is 0 Å². The number of aliphatic hydroxyl groups is 2. The standard InChI is InChI=1S/C17H20O6/c1-22-15-7-10(3-5-13(15)19)12(9-18)17(21)11-4-6-14(20)16(8-11)23-2/h3-8,12,17-21H,9H2,1-2H3/t12-,17+/m0/s1. The predicted molar refractivity (Wildman–Crippen MR) is 84.1 cm³/mol. The van der Waals surface area contributed by atoms with E-state index in [9.17, 15) is 20.4 Å². The van der Waals surface area contributed by atoms with Crippen molar-refractivity contribution in [1.82, 2.24) is 0 Å². The maximum Gasteiger partial charge on any atom is 0.160 e. The lowest BCUT2D eigenvalue weighted by Gasteiger charge is -2.23. The molecular formula is C17H20O6. The van der Waals surface area contributed by atoms with E-state index in [1.54, 1.807) is 18.2 Å². The SMILES string of the molecule is COc1cc([C@@H](O)[C@@H](CO)c2ccc(O)c(OC)c2)ccc1O. The van der Waals surface area contributed by atoms with Crippen LogP contribution >= 0.6 is 0 Å². The van der Waals surface area contributed by atoms with Crippen molar-refractivity contribution in [3.63, 3.8) is 0 Å². The Morgan fingerprint density at radius 1 is 0.870 bits per heavy atom. The molecule has 23 heavy (non-hydrogen) atoms. The van der Waals surface area contributed by atoms with Gasteiger partial charge in [0.1, 0.15) is 0 Å². The predicted octanol–water partition coefficient (Wildman–Crippen LogP) is 1.92. The van der Waals surface area contributed by atoms with E-state index in [1.807, 2.05) is 0 Å². The van der Waals surface area contributed by atoms with Gasteiger partial charge in [0.2, 0.25) is 0 Å². The number of benzene rings is 2. The summed E-state index contributed by atoms with van der Waals surface area (Å²) in [7, 11) is 2.84. The number of phenols is 2. The number of phenolic OH excluding ortho intramolecular Hbond substituents is 2. The van der Waals surface area contributed by atoms with Crippen LogP contribution in [0.15, 0.2) is 36.4 Å². The molecule has 2 rings (SSSR count). The fourth-order valence-corrected chi connectivity index (χ4v) is 2.42. The van der Waals surface area contributed by atoms with Crippen molar-refractivity contribution in [2.75, 3.05) is 20.8 Å². The highest BCUT2D eigenvalue weighted by Crippen LogP contribution is 2.37. The maximum atomic E-state index is 10.6. The van der Waals surface area contributed by atoms with Gasteiger partial charge in [-0.15, -0.1) is 0 Å². The molecule has 0 saturated carbocycles. The molecule has 0 aromatic heterocycles. The molecular weight excluding hydrogens is 300 g/mol. The second-order valence-corrected chi connectivity index (χ2v) is 5.10. The molecule has 0 heterocycles. The second-order valence-electron chi connectivity index (χ2n) is 5.10. The summed E-state index contributed by atoms with van der Waals surface area (Å²) in [5, 5.41) is 39.5. The maximum absolute atomic E-state index is 10.6. The lowest BCUT2D eigenvalue weighted by Crippen LogP contribution is -2.15. The van der Waals surface area contributed by atoms with Crippen LogP contribution in [0, 0.1) is 0 Å². The van der Waals surface area contributed by atoms with Gasteiger partial charge in [-0.3, -0.25) is 0 Å². The van der Waals surface area contributed by atoms with Gasteiger partial charge in [0.05, 0.1) is 26.9 Å². The largest absolute Gasteiger partial charge is 0.504 e. The molecule has 0 bridgehead atoms. The van der Waals surface area contributed by atoms with Gasteiger partial charge >= 0.3 is 0 Å². The molecule has 6 heteroatoms. The zero-order valence-electron chi connectivity index (χ0n) is 12.9. The number of hydrogen-bond acceptors (Lipinski definition) is 6. The summed E-state index contributed by atoms with van der Waals surface area (Å²) in [5.41, 5.74) is 1.10. The summed E-state index contributed by atoms with van der Waals surface area (Å²) in [5.74, 6) is -0.180. The minimum atomic E-state index is -1.02. The van der Waals surface area contributed by atoms with Gasteiger partial charge in [-0.25, -0.2) is 0 Å². The highest BCUT2D eigenvalue weighted by molar-refractivity contribution is 5.45. The van der Waals surface area contributed by atoms with Crippen molar-refractivity contribution in [3.8, 4) is 23.0 Å². The van der Waals surface area contributed by atoms with Crippen molar-refractivity contribution in [2.45, 2.75) is 12.0 Å². The van der Waals surface area contributed by atoms with Crippen molar-refractivity contribution >= 4 is 0 Å². The lowest BCUT2D eigenvalue weighted by atomic mass is 9.89. The number of aliphatic hydroxyl groups excluding tert-OH is 2. The van der Waals surface area contributed by atoms with Crippen molar-refractivity contribution in [2.24, 2.45) is 0 Å². The Bertz CT molecular complexity index is 670. The molecule has 0 saturated heterocycles. The van der Waals surface area contributed by atoms with E-state index in [4.69, 9.17) is 9.47 Å². The van der Waals surface area contributed by atoms with Gasteiger partial charge in [-0.1, -0.05) is 12.1 Å². The van der Waals surface area contributed by atoms with E-state index in [-0.39, 0.29) is 29.6 Å². The van der Waals surface area contributed by atoms with Gasteiger partial charge in [-0.05, 0) is 35.4 Å². The van der Waals surface area contributed by atoms with Gasteiger partial charge < -0.3 is 29.9 Å². The second kappa shape index (κ2) is 7.21. The molecule has 0 aliphatic rings. The molecule has 0 aliphatic carbocycles. The molecule has 0 radical (unpaired) electrons. The van der Waals surface area contributed by atoms with E-state index >= 15 is 0 Å². The van der Waals surface area contributed by atoms with Crippen LogP contribution in [0.3, 0.4) is 0 Å². The van der Waals surface area contributed by atoms with Crippen LogP contribution in [0.4, 0.5) is 0 Å². The third kappa shape index (κ3) is 3.49. The molecule has 2 aromatic carbocycles. The van der Waals surface area contributed by atoms with Crippen LogP contribution in [-0.4, -0.2) is 41.3 Å². The van der Waals surface area contributed by atoms with E-state index < -0.39 is 12.0 Å². The van der Waals surface area contributed by atoms with Crippen molar-refractivity contribution < 1.29 is 29.9 Å². The Labute approximate surface area is 134 Å². The van der Waals surface area contributed by atoms with E-state index in [2.05, 4.69) is 0 Å². The van der Waals surface area contributed by atoms with Crippen LogP contribution < -0.4 is 9.47 Å². The molecule has 2 aromatic rings. The number of aromatic hydroxyl groups is 2. The highest BCUT2D eigenvalue weighted by atomic mass is 16.5. The van der Waals surface area contributed by atoms with Gasteiger partial charge in [0, 0.05) is 5.92 Å². The van der Waals surface area contributed by atoms with Gasteiger partial charge in [0.25, 0.3) is 0 Å². The Morgan fingerprint density at radius 3 is 1.83 bits per heavy atom. The molecule has 124 valence electrons. The Hall–Kier alpha value is -2.44. The summed E-state index contributed by atoms with van der Waals surface area (Å²) >= 11 is 0. The van der Waals surface area contributed by atoms with Crippen LogP contribution in [0.1, 0.15) is 23.1 Å². The van der Waals surface area contributed by atoms with Crippen molar-refractivity contribution in [1.29, 1.82) is 0 Å². The average Bonchev–Trinajstić information content (AvgIpc) is 2.57. The van der Waals surface area contributed by atoms with E-state index in [1.165, 1.54) is 32.4 Å². The van der Waals surface area contributed by atoms with Crippen LogP contribution in [0.5, 0.6) is 23.0 Å². The molecule has 0 fully saturated rings. The average molecular weight is 320 g/mol. The van der Waals surface area contributed by atoms with Gasteiger partial charge in [-0.2, -0.15) is 0 Å². The minimum Gasteiger partial charge on any atom is -0.504 e. The quantitative estimate of drug-likeness (QED) is 0.649. The number of rotatable bonds is 6. The molecule has 0 amide bonds. The topological polar surface area (TPSA) is 99.4 Å². The molecule has 4 N–H and O–H groups in total. The minimum absolute atomic E-state index is 0.0197. The Balaban J connectivity index is 2.36. The molecule has 6 nitrogen and oxygen atoms in total. The first-order valence-electron chi connectivity index (χ1n) is 7.04. The summed E-state index contributed by atoms with van der Waals surface area (Å²) < 4.78 is 10.1. The summed E-state index contributed by atoms with van der Waals surface area (Å²) in [6.45, 7) is -0.307. The number of hydrogen-bond donors (Lipinski definition) is 4. The normalized spacial score (nSPS) is 13.4. The summed E-state index contributed by atoms with van der Waals surface area (Å²) in [6.07, 6.45) is -1.02. The monoisotopic (exact) mass is 320 g/mol. The van der Waals surface area contributed by atoms with Crippen LogP contribution in [0.25, 0.3) is 0 Å². The first-order valence-corrected chi connectivity index (χ1v) is 7.04. The third-order valence-corrected chi connectivity index (χ3v) is 3.76. The number of methoxy groups -OCH3 is 2. The van der Waals surface area contributed by atoms with E-state index in [0.29, 0.717) is 11.1 Å². The summed E-state index contributed by atoms with van der Waals surface area (Å²) in [4.78, 5) is 0. The summed E-state index contributed by atoms with van der Waals surface area (Å²) in [6, 6.07) is 9.12. The first kappa shape index (κ1) is 16.9.